The summed E-state index contributed by atoms with van der Waals surface area (Å²) >= 11 is 0. The first kappa shape index (κ1) is 8.01. The van der Waals surface area contributed by atoms with Gasteiger partial charge in [-0.25, -0.2) is 4.79 Å². The number of hydrogen-bond acceptors (Lipinski definition) is 2. The van der Waals surface area contributed by atoms with E-state index < -0.39 is 11.7 Å². The molecule has 0 fully saturated rings. The van der Waals surface area contributed by atoms with Gasteiger partial charge in [-0.3, -0.25) is 0 Å². The van der Waals surface area contributed by atoms with Gasteiger partial charge in [0.25, 0.3) is 0 Å². The van der Waals surface area contributed by atoms with Crippen molar-refractivity contribution in [3.8, 4) is 0 Å². The van der Waals surface area contributed by atoms with E-state index >= 15 is 0 Å². The van der Waals surface area contributed by atoms with Gasteiger partial charge in [0.15, 0.2) is 0 Å². The number of hydrogen-bond donors (Lipinski definition) is 2. The second-order valence-electron chi connectivity index (χ2n) is 1.79. The van der Waals surface area contributed by atoms with Gasteiger partial charge in [0, 0.05) is 0 Å². The zero-order chi connectivity index (χ0) is 7.44. The molecule has 0 radical (unpaired) electrons. The molecule has 0 rings (SSSR count). The second kappa shape index (κ2) is 3.12. The second-order valence-corrected chi connectivity index (χ2v) is 1.79. The molecule has 2 N–H and O–H groups in total. The lowest BCUT2D eigenvalue weighted by Gasteiger charge is -1.95. The molecule has 3 nitrogen and oxygen atoms in total. The molecule has 9 heavy (non-hydrogen) atoms. The predicted octanol–water partition coefficient (Wildman–Crippen LogP) is 1.31. The lowest BCUT2D eigenvalue weighted by atomic mass is 10.2. The number of rotatable bonds is 2. The molecule has 0 aromatic rings. The summed E-state index contributed by atoms with van der Waals surface area (Å²) in [6, 6.07) is 0. The number of aliphatic hydroxyl groups excluding tert-OH is 1. The Morgan fingerprint density at radius 2 is 1.89 bits per heavy atom. The third kappa shape index (κ3) is 2.17. The van der Waals surface area contributed by atoms with E-state index in [-0.39, 0.29) is 0 Å². The van der Waals surface area contributed by atoms with Crippen molar-refractivity contribution in [3.63, 3.8) is 0 Å². The SMILES string of the molecule is CC/C(C)=C(\O)C(=O)O. The maximum Gasteiger partial charge on any atom is 0.370 e. The molecular formula is C6H10O3. The fourth-order valence-corrected chi connectivity index (χ4v) is 0.350. The van der Waals surface area contributed by atoms with Crippen molar-refractivity contribution in [1.82, 2.24) is 0 Å². The highest BCUT2D eigenvalue weighted by Gasteiger charge is 2.05. The Balaban J connectivity index is 4.28. The minimum Gasteiger partial charge on any atom is -0.502 e. The average molecular weight is 130 g/mol. The molecule has 0 spiro atoms. The predicted molar refractivity (Wildman–Crippen MR) is 33.3 cm³/mol. The summed E-state index contributed by atoms with van der Waals surface area (Å²) in [7, 11) is 0. The van der Waals surface area contributed by atoms with Crippen LogP contribution >= 0.6 is 0 Å². The van der Waals surface area contributed by atoms with Gasteiger partial charge in [-0.15, -0.1) is 0 Å². The summed E-state index contributed by atoms with van der Waals surface area (Å²) in [4.78, 5) is 9.99. The molecule has 0 amide bonds. The Labute approximate surface area is 53.6 Å². The van der Waals surface area contributed by atoms with Crippen LogP contribution in [0, 0.1) is 0 Å². The van der Waals surface area contributed by atoms with Crippen LogP contribution in [0.15, 0.2) is 11.3 Å². The Hall–Kier alpha value is -0.990. The summed E-state index contributed by atoms with van der Waals surface area (Å²) < 4.78 is 0. The molecule has 0 heterocycles. The Morgan fingerprint density at radius 1 is 1.44 bits per heavy atom. The van der Waals surface area contributed by atoms with Crippen LogP contribution in [-0.2, 0) is 4.79 Å². The highest BCUT2D eigenvalue weighted by atomic mass is 16.4. The Kier molecular flexibility index (Phi) is 2.78. The third-order valence-corrected chi connectivity index (χ3v) is 1.14. The molecule has 3 heteroatoms. The van der Waals surface area contributed by atoms with Gasteiger partial charge < -0.3 is 10.2 Å². The van der Waals surface area contributed by atoms with Gasteiger partial charge in [0.1, 0.15) is 0 Å². The molecule has 52 valence electrons. The summed E-state index contributed by atoms with van der Waals surface area (Å²) in [5.74, 6) is -1.79. The van der Waals surface area contributed by atoms with Crippen molar-refractivity contribution in [2.24, 2.45) is 0 Å². The lowest BCUT2D eigenvalue weighted by molar-refractivity contribution is -0.135. The van der Waals surface area contributed by atoms with Crippen LogP contribution in [0.3, 0.4) is 0 Å². The molecule has 0 saturated heterocycles. The molecule has 0 aromatic carbocycles. The quantitative estimate of drug-likeness (QED) is 0.437. The zero-order valence-electron chi connectivity index (χ0n) is 5.51. The number of aliphatic hydroxyl groups is 1. The van der Waals surface area contributed by atoms with Crippen LogP contribution in [-0.4, -0.2) is 16.2 Å². The van der Waals surface area contributed by atoms with Crippen LogP contribution in [0.2, 0.25) is 0 Å². The fraction of sp³-hybridized carbons (Fsp3) is 0.500. The van der Waals surface area contributed by atoms with E-state index in [1.165, 1.54) is 0 Å². The van der Waals surface area contributed by atoms with Gasteiger partial charge in [-0.05, 0) is 18.9 Å². The fourth-order valence-electron chi connectivity index (χ4n) is 0.350. The van der Waals surface area contributed by atoms with Gasteiger partial charge in [0.05, 0.1) is 0 Å². The molecule has 0 aliphatic heterocycles. The van der Waals surface area contributed by atoms with Gasteiger partial charge in [-0.2, -0.15) is 0 Å². The van der Waals surface area contributed by atoms with Gasteiger partial charge >= 0.3 is 5.97 Å². The van der Waals surface area contributed by atoms with E-state index in [0.717, 1.165) is 0 Å². The Morgan fingerprint density at radius 3 is 2.00 bits per heavy atom. The van der Waals surface area contributed by atoms with E-state index in [1.54, 1.807) is 13.8 Å². The summed E-state index contributed by atoms with van der Waals surface area (Å²) in [6.07, 6.45) is 0.568. The van der Waals surface area contributed by atoms with Crippen molar-refractivity contribution in [2.75, 3.05) is 0 Å². The van der Waals surface area contributed by atoms with Crippen molar-refractivity contribution < 1.29 is 15.0 Å². The Bertz CT molecular complexity index is 146. The summed E-state index contributed by atoms with van der Waals surface area (Å²) in [5.41, 5.74) is 0.502. The normalized spacial score (nSPS) is 12.7. The number of carbonyl (C=O) groups is 1. The molecule has 0 aliphatic rings. The number of allylic oxidation sites excluding steroid dienone is 1. The van der Waals surface area contributed by atoms with Crippen LogP contribution in [0.4, 0.5) is 0 Å². The third-order valence-electron chi connectivity index (χ3n) is 1.14. The smallest absolute Gasteiger partial charge is 0.370 e. The minimum atomic E-state index is -1.26. The summed E-state index contributed by atoms with van der Waals surface area (Å²) in [6.45, 7) is 3.37. The molecular weight excluding hydrogens is 120 g/mol. The van der Waals surface area contributed by atoms with E-state index in [2.05, 4.69) is 0 Å². The van der Waals surface area contributed by atoms with Crippen molar-refractivity contribution in [2.45, 2.75) is 20.3 Å². The number of aliphatic carboxylic acids is 1. The molecule has 0 aromatic heterocycles. The van der Waals surface area contributed by atoms with Crippen LogP contribution in [0.5, 0.6) is 0 Å². The van der Waals surface area contributed by atoms with E-state index in [1.807, 2.05) is 0 Å². The molecule has 0 unspecified atom stereocenters. The van der Waals surface area contributed by atoms with Gasteiger partial charge in [-0.1, -0.05) is 6.92 Å². The van der Waals surface area contributed by atoms with Crippen LogP contribution < -0.4 is 0 Å². The topological polar surface area (TPSA) is 57.5 Å². The van der Waals surface area contributed by atoms with E-state index in [4.69, 9.17) is 10.2 Å². The van der Waals surface area contributed by atoms with Gasteiger partial charge in [0.2, 0.25) is 5.76 Å². The first-order chi connectivity index (χ1) is 4.09. The van der Waals surface area contributed by atoms with Crippen molar-refractivity contribution >= 4 is 5.97 Å². The maximum atomic E-state index is 9.99. The highest BCUT2D eigenvalue weighted by molar-refractivity contribution is 5.84. The monoisotopic (exact) mass is 130 g/mol. The first-order valence-electron chi connectivity index (χ1n) is 2.71. The first-order valence-corrected chi connectivity index (χ1v) is 2.71. The zero-order valence-corrected chi connectivity index (χ0v) is 5.51. The molecule has 0 saturated carbocycles. The molecule has 0 aliphatic carbocycles. The van der Waals surface area contributed by atoms with Crippen LogP contribution in [0.25, 0.3) is 0 Å². The molecule has 0 bridgehead atoms. The minimum absolute atomic E-state index is 0.502. The van der Waals surface area contributed by atoms with Crippen molar-refractivity contribution in [3.05, 3.63) is 11.3 Å². The number of carboxylic acid groups (broad SMARTS) is 1. The largest absolute Gasteiger partial charge is 0.502 e. The molecule has 0 atom stereocenters. The van der Waals surface area contributed by atoms with Crippen molar-refractivity contribution in [1.29, 1.82) is 0 Å². The maximum absolute atomic E-state index is 9.99. The van der Waals surface area contributed by atoms with E-state index in [9.17, 15) is 4.79 Å². The average Bonchev–Trinajstić information content (AvgIpc) is 1.84. The lowest BCUT2D eigenvalue weighted by Crippen LogP contribution is -2.01. The highest BCUT2D eigenvalue weighted by Crippen LogP contribution is 2.03. The summed E-state index contributed by atoms with van der Waals surface area (Å²) in [5, 5.41) is 16.9. The van der Waals surface area contributed by atoms with Crippen LogP contribution in [0.1, 0.15) is 20.3 Å². The van der Waals surface area contributed by atoms with E-state index in [0.29, 0.717) is 12.0 Å². The standard InChI is InChI=1S/C6H10O3/c1-3-4(2)5(7)6(8)9/h7H,3H2,1-2H3,(H,8,9)/b5-4-. The number of carboxylic acids is 1.